The normalized spacial score (nSPS) is 14.3. The van der Waals surface area contributed by atoms with Crippen LogP contribution < -0.4 is 5.32 Å². The van der Waals surface area contributed by atoms with Gasteiger partial charge in [0.1, 0.15) is 6.04 Å². The summed E-state index contributed by atoms with van der Waals surface area (Å²) in [6.07, 6.45) is 0. The quantitative estimate of drug-likeness (QED) is 0.754. The van der Waals surface area contributed by atoms with Crippen LogP contribution in [0.4, 0.5) is 0 Å². The first-order valence-corrected chi connectivity index (χ1v) is 5.59. The van der Waals surface area contributed by atoms with E-state index in [0.717, 1.165) is 13.1 Å². The summed E-state index contributed by atoms with van der Waals surface area (Å²) in [5.41, 5.74) is 0.284. The highest BCUT2D eigenvalue weighted by molar-refractivity contribution is 4.92. The second-order valence-corrected chi connectivity index (χ2v) is 5.76. The molecule has 0 bridgehead atoms. The zero-order valence-electron chi connectivity index (χ0n) is 11.0. The second kappa shape index (κ2) is 6.09. The molecule has 0 saturated heterocycles. The van der Waals surface area contributed by atoms with Crippen LogP contribution in [0.2, 0.25) is 0 Å². The Kier molecular flexibility index (Phi) is 5.85. The van der Waals surface area contributed by atoms with Crippen LogP contribution in [0.5, 0.6) is 0 Å². The fraction of sp³-hybridized carbons (Fsp3) is 0.917. The summed E-state index contributed by atoms with van der Waals surface area (Å²) in [6.45, 7) is 12.5. The summed E-state index contributed by atoms with van der Waals surface area (Å²) in [4.78, 5) is 2.21. The molecular weight excluding hydrogens is 186 g/mol. The van der Waals surface area contributed by atoms with E-state index in [2.05, 4.69) is 58.0 Å². The number of likely N-dealkylation sites (N-methyl/N-ethyl adjacent to an activating group) is 1. The van der Waals surface area contributed by atoms with E-state index >= 15 is 0 Å². The number of nitriles is 1. The molecule has 15 heavy (non-hydrogen) atoms. The smallest absolute Gasteiger partial charge is 0.108 e. The molecule has 88 valence electrons. The fourth-order valence-corrected chi connectivity index (χ4v) is 1.72. The van der Waals surface area contributed by atoms with Crippen molar-refractivity contribution in [2.45, 2.75) is 46.7 Å². The molecule has 1 N–H and O–H groups in total. The van der Waals surface area contributed by atoms with Crippen molar-refractivity contribution in [2.24, 2.45) is 5.41 Å². The number of nitrogens with one attached hydrogen (secondary N) is 1. The summed E-state index contributed by atoms with van der Waals surface area (Å²) in [5.74, 6) is 0. The molecule has 1 unspecified atom stereocenters. The molecular formula is C12H25N3. The van der Waals surface area contributed by atoms with Crippen molar-refractivity contribution in [3.05, 3.63) is 0 Å². The van der Waals surface area contributed by atoms with E-state index in [1.165, 1.54) is 0 Å². The Bertz CT molecular complexity index is 210. The highest BCUT2D eigenvalue weighted by atomic mass is 15.1. The highest BCUT2D eigenvalue weighted by Crippen LogP contribution is 2.14. The summed E-state index contributed by atoms with van der Waals surface area (Å²) >= 11 is 0. The van der Waals surface area contributed by atoms with Crippen LogP contribution >= 0.6 is 0 Å². The zero-order valence-corrected chi connectivity index (χ0v) is 11.0. The van der Waals surface area contributed by atoms with Crippen LogP contribution in [-0.2, 0) is 0 Å². The van der Waals surface area contributed by atoms with Gasteiger partial charge in [0.25, 0.3) is 0 Å². The Morgan fingerprint density at radius 1 is 1.33 bits per heavy atom. The Hall–Kier alpha value is -0.590. The third-order valence-corrected chi connectivity index (χ3v) is 1.93. The predicted molar refractivity (Wildman–Crippen MR) is 64.6 cm³/mol. The SMILES string of the molecule is CC(C)NC(C#N)CN(C)CC(C)(C)C. The molecule has 0 aliphatic rings. The first-order chi connectivity index (χ1) is 6.74. The minimum Gasteiger partial charge on any atom is -0.303 e. The van der Waals surface area contributed by atoms with Gasteiger partial charge in [-0.3, -0.25) is 5.32 Å². The van der Waals surface area contributed by atoms with E-state index in [1.807, 2.05) is 0 Å². The monoisotopic (exact) mass is 211 g/mol. The lowest BCUT2D eigenvalue weighted by Gasteiger charge is -2.28. The molecule has 0 amide bonds. The average molecular weight is 211 g/mol. The van der Waals surface area contributed by atoms with Gasteiger partial charge in [0.2, 0.25) is 0 Å². The molecule has 0 spiro atoms. The van der Waals surface area contributed by atoms with Gasteiger partial charge in [0, 0.05) is 19.1 Å². The molecule has 1 atom stereocenters. The van der Waals surface area contributed by atoms with Crippen molar-refractivity contribution < 1.29 is 0 Å². The molecule has 0 saturated carbocycles. The van der Waals surface area contributed by atoms with Gasteiger partial charge in [0.15, 0.2) is 0 Å². The Labute approximate surface area is 94.5 Å². The fourth-order valence-electron chi connectivity index (χ4n) is 1.72. The lowest BCUT2D eigenvalue weighted by Crippen LogP contribution is -2.43. The molecule has 0 rings (SSSR count). The average Bonchev–Trinajstić information content (AvgIpc) is 1.98. The highest BCUT2D eigenvalue weighted by Gasteiger charge is 2.17. The number of hydrogen-bond donors (Lipinski definition) is 1. The van der Waals surface area contributed by atoms with Gasteiger partial charge in [-0.25, -0.2) is 0 Å². The van der Waals surface area contributed by atoms with Crippen molar-refractivity contribution in [2.75, 3.05) is 20.1 Å². The molecule has 0 aliphatic heterocycles. The Morgan fingerprint density at radius 2 is 1.87 bits per heavy atom. The first kappa shape index (κ1) is 14.4. The molecule has 0 aliphatic carbocycles. The summed E-state index contributed by atoms with van der Waals surface area (Å²) < 4.78 is 0. The first-order valence-electron chi connectivity index (χ1n) is 5.59. The van der Waals surface area contributed by atoms with Crippen molar-refractivity contribution in [3.8, 4) is 6.07 Å². The molecule has 0 heterocycles. The maximum atomic E-state index is 8.98. The van der Waals surface area contributed by atoms with Gasteiger partial charge in [0.05, 0.1) is 6.07 Å². The van der Waals surface area contributed by atoms with Crippen LogP contribution in [0.3, 0.4) is 0 Å². The van der Waals surface area contributed by atoms with Crippen LogP contribution in [-0.4, -0.2) is 37.1 Å². The largest absolute Gasteiger partial charge is 0.303 e. The van der Waals surface area contributed by atoms with E-state index in [-0.39, 0.29) is 11.5 Å². The van der Waals surface area contributed by atoms with Gasteiger partial charge in [-0.2, -0.15) is 5.26 Å². The number of rotatable bonds is 5. The minimum absolute atomic E-state index is 0.0719. The maximum Gasteiger partial charge on any atom is 0.108 e. The van der Waals surface area contributed by atoms with E-state index < -0.39 is 0 Å². The van der Waals surface area contributed by atoms with Crippen LogP contribution in [0, 0.1) is 16.7 Å². The van der Waals surface area contributed by atoms with Gasteiger partial charge in [-0.15, -0.1) is 0 Å². The minimum atomic E-state index is -0.0719. The summed E-state index contributed by atoms with van der Waals surface area (Å²) in [5, 5.41) is 12.2. The molecule has 0 aromatic rings. The summed E-state index contributed by atoms with van der Waals surface area (Å²) in [7, 11) is 2.07. The predicted octanol–water partition coefficient (Wildman–Crippen LogP) is 1.85. The van der Waals surface area contributed by atoms with Crippen molar-refractivity contribution in [3.63, 3.8) is 0 Å². The topological polar surface area (TPSA) is 39.1 Å². The third-order valence-electron chi connectivity index (χ3n) is 1.93. The van der Waals surface area contributed by atoms with Crippen molar-refractivity contribution in [1.82, 2.24) is 10.2 Å². The lowest BCUT2D eigenvalue weighted by atomic mass is 9.96. The molecule has 0 radical (unpaired) electrons. The Morgan fingerprint density at radius 3 is 2.20 bits per heavy atom. The maximum absolute atomic E-state index is 8.98. The van der Waals surface area contributed by atoms with E-state index in [9.17, 15) is 0 Å². The number of hydrogen-bond acceptors (Lipinski definition) is 3. The Balaban J connectivity index is 4.03. The molecule has 0 aromatic heterocycles. The van der Waals surface area contributed by atoms with E-state index in [0.29, 0.717) is 6.04 Å². The lowest BCUT2D eigenvalue weighted by molar-refractivity contribution is 0.215. The standard InChI is InChI=1S/C12H25N3/c1-10(2)14-11(7-13)8-15(6)9-12(3,4)5/h10-11,14H,8-9H2,1-6H3. The van der Waals surface area contributed by atoms with Crippen molar-refractivity contribution >= 4 is 0 Å². The van der Waals surface area contributed by atoms with Gasteiger partial charge < -0.3 is 4.90 Å². The second-order valence-electron chi connectivity index (χ2n) is 5.76. The number of nitrogens with zero attached hydrogens (tertiary/aromatic N) is 2. The van der Waals surface area contributed by atoms with Crippen molar-refractivity contribution in [1.29, 1.82) is 5.26 Å². The molecule has 3 nitrogen and oxygen atoms in total. The van der Waals surface area contributed by atoms with Crippen LogP contribution in [0.1, 0.15) is 34.6 Å². The van der Waals surface area contributed by atoms with Gasteiger partial charge in [-0.05, 0) is 26.3 Å². The molecule has 3 heteroatoms. The zero-order chi connectivity index (χ0) is 12.1. The van der Waals surface area contributed by atoms with Crippen LogP contribution in [0.15, 0.2) is 0 Å². The van der Waals surface area contributed by atoms with E-state index in [4.69, 9.17) is 5.26 Å². The molecule has 0 fully saturated rings. The van der Waals surface area contributed by atoms with Gasteiger partial charge >= 0.3 is 0 Å². The third kappa shape index (κ3) is 8.41. The summed E-state index contributed by atoms with van der Waals surface area (Å²) in [6, 6.07) is 2.58. The van der Waals surface area contributed by atoms with Crippen LogP contribution in [0.25, 0.3) is 0 Å². The van der Waals surface area contributed by atoms with Gasteiger partial charge in [-0.1, -0.05) is 20.8 Å². The molecule has 0 aromatic carbocycles. The van der Waals surface area contributed by atoms with E-state index in [1.54, 1.807) is 0 Å².